The molecule has 0 unspecified atom stereocenters. The van der Waals surface area contributed by atoms with Crippen LogP contribution in [0.2, 0.25) is 0 Å². The molecule has 0 saturated heterocycles. The number of rotatable bonds is 2. The predicted octanol–water partition coefficient (Wildman–Crippen LogP) is 3.49. The number of hydrogen-bond acceptors (Lipinski definition) is 2. The van der Waals surface area contributed by atoms with Gasteiger partial charge in [0.2, 0.25) is 0 Å². The molecule has 20 heavy (non-hydrogen) atoms. The first kappa shape index (κ1) is 15.5. The predicted molar refractivity (Wildman–Crippen MR) is 91.2 cm³/mol. The molecule has 1 atom stereocenters. The van der Waals surface area contributed by atoms with Gasteiger partial charge in [0.15, 0.2) is 5.43 Å². The molecule has 4 heteroatoms. The van der Waals surface area contributed by atoms with E-state index in [1.807, 2.05) is 35.9 Å². The van der Waals surface area contributed by atoms with E-state index in [0.29, 0.717) is 5.56 Å². The van der Waals surface area contributed by atoms with Gasteiger partial charge in [0.05, 0.1) is 18.2 Å². The summed E-state index contributed by atoms with van der Waals surface area (Å²) in [6.45, 7) is 8.17. The zero-order valence-corrected chi connectivity index (χ0v) is 14.4. The van der Waals surface area contributed by atoms with Crippen LogP contribution in [0.3, 0.4) is 0 Å². The maximum absolute atomic E-state index is 12.3. The second-order valence-corrected chi connectivity index (χ2v) is 7.52. The topological polar surface area (TPSA) is 42.2 Å². The van der Waals surface area contributed by atoms with Crippen molar-refractivity contribution in [1.82, 2.24) is 4.57 Å². The highest BCUT2D eigenvalue weighted by molar-refractivity contribution is 14.1. The van der Waals surface area contributed by atoms with Gasteiger partial charge >= 0.3 is 0 Å². The van der Waals surface area contributed by atoms with Gasteiger partial charge in [-0.15, -0.1) is 0 Å². The Morgan fingerprint density at radius 3 is 2.55 bits per heavy atom. The van der Waals surface area contributed by atoms with Crippen LogP contribution < -0.4 is 5.43 Å². The van der Waals surface area contributed by atoms with Crippen LogP contribution in [-0.2, 0) is 0 Å². The third-order valence-electron chi connectivity index (χ3n) is 3.68. The van der Waals surface area contributed by atoms with Gasteiger partial charge in [-0.1, -0.05) is 20.8 Å². The number of hydrogen-bond donors (Lipinski definition) is 1. The first-order valence-electron chi connectivity index (χ1n) is 6.67. The molecule has 3 nitrogen and oxygen atoms in total. The molecular formula is C16H20INO2. The van der Waals surface area contributed by atoms with Crippen LogP contribution in [0, 0.1) is 15.9 Å². The zero-order valence-electron chi connectivity index (χ0n) is 12.3. The Morgan fingerprint density at radius 1 is 1.35 bits per heavy atom. The van der Waals surface area contributed by atoms with Crippen LogP contribution in [0.15, 0.2) is 29.2 Å². The van der Waals surface area contributed by atoms with E-state index in [1.54, 1.807) is 0 Å². The van der Waals surface area contributed by atoms with Crippen molar-refractivity contribution in [2.45, 2.75) is 33.7 Å². The van der Waals surface area contributed by atoms with Gasteiger partial charge in [-0.25, -0.2) is 0 Å². The van der Waals surface area contributed by atoms with Gasteiger partial charge < -0.3 is 9.67 Å². The lowest BCUT2D eigenvalue weighted by Crippen LogP contribution is -2.29. The lowest BCUT2D eigenvalue weighted by molar-refractivity contribution is 0.140. The summed E-state index contributed by atoms with van der Waals surface area (Å²) < 4.78 is 3.09. The van der Waals surface area contributed by atoms with Gasteiger partial charge in [0, 0.05) is 20.7 Å². The van der Waals surface area contributed by atoms with Crippen LogP contribution in [0.4, 0.5) is 0 Å². The highest BCUT2D eigenvalue weighted by Crippen LogP contribution is 2.32. The van der Waals surface area contributed by atoms with Gasteiger partial charge in [-0.3, -0.25) is 4.79 Å². The average molecular weight is 385 g/mol. The highest BCUT2D eigenvalue weighted by Gasteiger charge is 2.26. The lowest BCUT2D eigenvalue weighted by Gasteiger charge is -2.32. The second kappa shape index (κ2) is 5.48. The molecule has 0 spiro atoms. The molecule has 1 N–H and O–H groups in total. The van der Waals surface area contributed by atoms with Crippen molar-refractivity contribution in [2.24, 2.45) is 5.41 Å². The quantitative estimate of drug-likeness (QED) is 0.805. The van der Waals surface area contributed by atoms with Crippen molar-refractivity contribution in [3.05, 3.63) is 43.8 Å². The monoisotopic (exact) mass is 385 g/mol. The van der Waals surface area contributed by atoms with Crippen molar-refractivity contribution in [2.75, 3.05) is 6.61 Å². The van der Waals surface area contributed by atoms with Gasteiger partial charge in [-0.2, -0.15) is 0 Å². The van der Waals surface area contributed by atoms with Crippen molar-refractivity contribution in [3.63, 3.8) is 0 Å². The Bertz CT molecular complexity index is 698. The Balaban J connectivity index is 2.83. The second-order valence-electron chi connectivity index (χ2n) is 6.27. The van der Waals surface area contributed by atoms with E-state index >= 15 is 0 Å². The summed E-state index contributed by atoms with van der Waals surface area (Å²) >= 11 is 2.21. The Kier molecular flexibility index (Phi) is 4.25. The van der Waals surface area contributed by atoms with Crippen LogP contribution >= 0.6 is 22.6 Å². The van der Waals surface area contributed by atoms with Gasteiger partial charge in [0.1, 0.15) is 0 Å². The molecule has 0 fully saturated rings. The summed E-state index contributed by atoms with van der Waals surface area (Å²) in [4.78, 5) is 12.3. The molecule has 0 bridgehead atoms. The van der Waals surface area contributed by atoms with E-state index in [-0.39, 0.29) is 23.5 Å². The molecule has 1 heterocycles. The third kappa shape index (κ3) is 2.76. The minimum absolute atomic E-state index is 0.0485. The number of aromatic nitrogens is 1. The maximum atomic E-state index is 12.3. The van der Waals surface area contributed by atoms with Crippen molar-refractivity contribution >= 4 is 33.5 Å². The molecule has 2 aromatic rings. The third-order valence-corrected chi connectivity index (χ3v) is 4.35. The summed E-state index contributed by atoms with van der Waals surface area (Å²) in [5, 5.41) is 10.5. The number of aliphatic hydroxyl groups is 1. The minimum atomic E-state index is -0.0911. The fraction of sp³-hybridized carbons (Fsp3) is 0.438. The van der Waals surface area contributed by atoms with Crippen LogP contribution in [0.25, 0.3) is 10.9 Å². The van der Waals surface area contributed by atoms with Crippen molar-refractivity contribution in [1.29, 1.82) is 0 Å². The molecule has 1 aromatic carbocycles. The summed E-state index contributed by atoms with van der Waals surface area (Å²) in [5.41, 5.74) is 1.57. The molecule has 0 radical (unpaired) electrons. The lowest BCUT2D eigenvalue weighted by atomic mass is 9.86. The zero-order chi connectivity index (χ0) is 15.1. The number of pyridine rings is 1. The minimum Gasteiger partial charge on any atom is -0.394 e. The molecule has 0 aliphatic carbocycles. The summed E-state index contributed by atoms with van der Waals surface area (Å²) in [5.74, 6) is 0. The van der Waals surface area contributed by atoms with Crippen LogP contribution in [0.5, 0.6) is 0 Å². The molecule has 0 saturated carbocycles. The number of fused-ring (bicyclic) bond motifs is 1. The molecule has 108 valence electrons. The number of benzene rings is 1. The van der Waals surface area contributed by atoms with E-state index in [0.717, 1.165) is 14.5 Å². The van der Waals surface area contributed by atoms with E-state index in [9.17, 15) is 9.90 Å². The highest BCUT2D eigenvalue weighted by atomic mass is 127. The standard InChI is InChI=1S/C16H20INO2/c1-10-8-18(14(9-19)16(2,3)4)13-6-5-11(17)7-12(13)15(10)20/h5-8,14,19H,9H2,1-4H3/t14-/m1/s1. The van der Waals surface area contributed by atoms with Crippen molar-refractivity contribution < 1.29 is 5.11 Å². The summed E-state index contributed by atoms with van der Waals surface area (Å²) in [7, 11) is 0. The number of nitrogens with zero attached hydrogens (tertiary/aromatic N) is 1. The SMILES string of the molecule is Cc1cn([C@H](CO)C(C)(C)C)c2ccc(I)cc2c1=O. The normalized spacial score (nSPS) is 13.7. The molecular weight excluding hydrogens is 365 g/mol. The van der Waals surface area contributed by atoms with Gasteiger partial charge in [0.25, 0.3) is 0 Å². The molecule has 1 aromatic heterocycles. The Labute approximate surface area is 132 Å². The first-order chi connectivity index (χ1) is 9.25. The molecule has 0 aliphatic heterocycles. The largest absolute Gasteiger partial charge is 0.394 e. The fourth-order valence-corrected chi connectivity index (χ4v) is 2.99. The molecule has 2 rings (SSSR count). The molecule has 0 amide bonds. The number of halogens is 1. The van der Waals surface area contributed by atoms with E-state index in [2.05, 4.69) is 43.4 Å². The van der Waals surface area contributed by atoms with Crippen molar-refractivity contribution in [3.8, 4) is 0 Å². The Morgan fingerprint density at radius 2 is 2.00 bits per heavy atom. The van der Waals surface area contributed by atoms with Crippen LogP contribution in [-0.4, -0.2) is 16.3 Å². The number of aryl methyl sites for hydroxylation is 1. The van der Waals surface area contributed by atoms with E-state index < -0.39 is 0 Å². The number of aliphatic hydroxyl groups excluding tert-OH is 1. The van der Waals surface area contributed by atoms with E-state index in [1.165, 1.54) is 0 Å². The fourth-order valence-electron chi connectivity index (χ4n) is 2.50. The first-order valence-corrected chi connectivity index (χ1v) is 7.75. The smallest absolute Gasteiger partial charge is 0.192 e. The van der Waals surface area contributed by atoms with Crippen LogP contribution in [0.1, 0.15) is 32.4 Å². The van der Waals surface area contributed by atoms with E-state index in [4.69, 9.17) is 0 Å². The summed E-state index contributed by atoms with van der Waals surface area (Å²) in [6, 6.07) is 5.81. The van der Waals surface area contributed by atoms with Gasteiger partial charge in [-0.05, 0) is 53.1 Å². The maximum Gasteiger partial charge on any atom is 0.192 e. The molecule has 0 aliphatic rings. The Hall–Kier alpha value is -0.880. The summed E-state index contributed by atoms with van der Waals surface area (Å²) in [6.07, 6.45) is 1.86. The average Bonchev–Trinajstić information content (AvgIpc) is 2.34.